The monoisotopic (exact) mass is 489 g/mol. The Morgan fingerprint density at radius 1 is 1.03 bits per heavy atom. The molecule has 1 atom stereocenters. The molecule has 1 aromatic heterocycles. The van der Waals surface area contributed by atoms with Gasteiger partial charge < -0.3 is 14.8 Å². The fourth-order valence-corrected chi connectivity index (χ4v) is 4.50. The Bertz CT molecular complexity index is 1300. The van der Waals surface area contributed by atoms with E-state index in [0.29, 0.717) is 6.54 Å². The lowest BCUT2D eigenvalue weighted by atomic mass is 10.0. The van der Waals surface area contributed by atoms with Crippen LogP contribution in [-0.4, -0.2) is 15.5 Å². The summed E-state index contributed by atoms with van der Waals surface area (Å²) in [6, 6.07) is 23.6. The molecule has 1 unspecified atom stereocenters. The fourth-order valence-electron chi connectivity index (χ4n) is 4.25. The summed E-state index contributed by atoms with van der Waals surface area (Å²) in [7, 11) is 0. The number of carbonyl (C=O) groups is 1. The van der Waals surface area contributed by atoms with E-state index in [-0.39, 0.29) is 17.9 Å². The quantitative estimate of drug-likeness (QED) is 0.329. The minimum atomic E-state index is -0.380. The van der Waals surface area contributed by atoms with Crippen LogP contribution in [-0.2, 0) is 6.54 Å². The number of aryl methyl sites for hydroxylation is 1. The van der Waals surface area contributed by atoms with Crippen LogP contribution in [0.5, 0.6) is 0 Å². The molecule has 0 saturated carbocycles. The molecule has 2 amide bonds. The zero-order valence-electron chi connectivity index (χ0n) is 17.4. The average molecular weight is 490 g/mol. The predicted molar refractivity (Wildman–Crippen MR) is 127 cm³/mol. The van der Waals surface area contributed by atoms with Crippen LogP contribution in [0.1, 0.15) is 28.4 Å². The second-order valence-electron chi connectivity index (χ2n) is 7.91. The Balaban J connectivity index is 1.61. The zero-order valence-corrected chi connectivity index (χ0v) is 19.0. The number of anilines is 1. The van der Waals surface area contributed by atoms with Crippen LogP contribution in [0.4, 0.5) is 14.9 Å². The van der Waals surface area contributed by atoms with Crippen LogP contribution < -0.4 is 5.32 Å². The highest BCUT2D eigenvalue weighted by Crippen LogP contribution is 2.37. The summed E-state index contributed by atoms with van der Waals surface area (Å²) >= 11 is 3.50. The molecule has 0 radical (unpaired) electrons. The third kappa shape index (κ3) is 3.71. The van der Waals surface area contributed by atoms with Gasteiger partial charge in [-0.2, -0.15) is 0 Å². The summed E-state index contributed by atoms with van der Waals surface area (Å²) in [6.45, 7) is 2.40. The molecule has 32 heavy (non-hydrogen) atoms. The molecule has 0 saturated heterocycles. The Morgan fingerprint density at radius 3 is 2.59 bits per heavy atom. The van der Waals surface area contributed by atoms with E-state index < -0.39 is 0 Å². The van der Waals surface area contributed by atoms with Gasteiger partial charge in [0.15, 0.2) is 0 Å². The summed E-state index contributed by atoms with van der Waals surface area (Å²) in [5, 5.41) is 3.06. The van der Waals surface area contributed by atoms with Gasteiger partial charge in [-0.15, -0.1) is 0 Å². The van der Waals surface area contributed by atoms with Crippen molar-refractivity contribution in [2.75, 3.05) is 5.32 Å². The van der Waals surface area contributed by atoms with Gasteiger partial charge in [-0.3, -0.25) is 0 Å². The topological polar surface area (TPSA) is 37.3 Å². The lowest BCUT2D eigenvalue weighted by Gasteiger charge is -2.31. The van der Waals surface area contributed by atoms with Gasteiger partial charge in [0.25, 0.3) is 0 Å². The van der Waals surface area contributed by atoms with Gasteiger partial charge in [0.05, 0.1) is 18.3 Å². The van der Waals surface area contributed by atoms with Gasteiger partial charge in [0, 0.05) is 22.1 Å². The molecule has 0 fully saturated rings. The van der Waals surface area contributed by atoms with Gasteiger partial charge in [-0.25, -0.2) is 9.18 Å². The van der Waals surface area contributed by atoms with E-state index in [0.717, 1.165) is 38.2 Å². The predicted octanol–water partition coefficient (Wildman–Crippen LogP) is 6.82. The van der Waals surface area contributed by atoms with E-state index >= 15 is 0 Å². The van der Waals surface area contributed by atoms with Crippen molar-refractivity contribution in [3.63, 3.8) is 0 Å². The zero-order chi connectivity index (χ0) is 22.2. The summed E-state index contributed by atoms with van der Waals surface area (Å²) in [5.74, 6) is -0.303. The Hall–Kier alpha value is -3.38. The van der Waals surface area contributed by atoms with Crippen LogP contribution in [0.25, 0.3) is 5.69 Å². The van der Waals surface area contributed by atoms with Gasteiger partial charge in [0.1, 0.15) is 5.82 Å². The molecule has 3 aromatic carbocycles. The van der Waals surface area contributed by atoms with Gasteiger partial charge in [-0.05, 0) is 72.1 Å². The lowest BCUT2D eigenvalue weighted by molar-refractivity contribution is 0.194. The van der Waals surface area contributed by atoms with Gasteiger partial charge in [0.2, 0.25) is 0 Å². The number of fused-ring (bicyclic) bond motifs is 3. The third-order valence-electron chi connectivity index (χ3n) is 5.82. The van der Waals surface area contributed by atoms with Crippen molar-refractivity contribution < 1.29 is 9.18 Å². The van der Waals surface area contributed by atoms with Gasteiger partial charge >= 0.3 is 6.03 Å². The molecule has 1 aliphatic rings. The van der Waals surface area contributed by atoms with Crippen molar-refractivity contribution in [1.29, 1.82) is 0 Å². The van der Waals surface area contributed by atoms with E-state index in [1.54, 1.807) is 12.1 Å². The molecule has 5 rings (SSSR count). The number of urea groups is 1. The standard InChI is InChI=1S/C26H21BrFN3O/c1-17-15-21(12-13-22(17)27)29-26(32)31-16-19-5-2-3-6-23(19)30-14-4-7-24(30)25(31)18-8-10-20(28)11-9-18/h2-15,25H,16H2,1H3,(H,29,32). The molecular weight excluding hydrogens is 469 g/mol. The maximum absolute atomic E-state index is 13.7. The minimum absolute atomic E-state index is 0.217. The largest absolute Gasteiger partial charge is 0.322 e. The van der Waals surface area contributed by atoms with E-state index in [4.69, 9.17) is 0 Å². The molecule has 4 nitrogen and oxygen atoms in total. The summed E-state index contributed by atoms with van der Waals surface area (Å²) in [6.07, 6.45) is 2.00. The second kappa shape index (κ2) is 8.28. The van der Waals surface area contributed by atoms with E-state index in [2.05, 4.69) is 31.9 Å². The third-order valence-corrected chi connectivity index (χ3v) is 6.71. The number of rotatable bonds is 2. The van der Waals surface area contributed by atoms with Crippen LogP contribution in [0.3, 0.4) is 0 Å². The van der Waals surface area contributed by atoms with Crippen molar-refractivity contribution in [3.05, 3.63) is 118 Å². The summed E-state index contributed by atoms with van der Waals surface area (Å²) < 4.78 is 16.8. The van der Waals surface area contributed by atoms with E-state index in [1.165, 1.54) is 12.1 Å². The van der Waals surface area contributed by atoms with E-state index in [9.17, 15) is 9.18 Å². The van der Waals surface area contributed by atoms with E-state index in [1.807, 2.05) is 66.6 Å². The SMILES string of the molecule is Cc1cc(NC(=O)N2Cc3ccccc3-n3cccc3C2c2ccc(F)cc2)ccc1Br. The van der Waals surface area contributed by atoms with Crippen LogP contribution in [0, 0.1) is 12.7 Å². The first-order chi connectivity index (χ1) is 15.5. The highest BCUT2D eigenvalue weighted by Gasteiger charge is 2.33. The molecule has 0 aliphatic carbocycles. The number of benzene rings is 3. The molecule has 160 valence electrons. The molecule has 0 spiro atoms. The van der Waals surface area contributed by atoms with Crippen LogP contribution >= 0.6 is 15.9 Å². The normalized spacial score (nSPS) is 15.0. The summed E-state index contributed by atoms with van der Waals surface area (Å²) in [4.78, 5) is 15.4. The molecule has 1 aliphatic heterocycles. The number of carbonyl (C=O) groups excluding carboxylic acids is 1. The number of nitrogens with one attached hydrogen (secondary N) is 1. The van der Waals surface area contributed by atoms with Crippen LogP contribution in [0.2, 0.25) is 0 Å². The number of hydrogen-bond acceptors (Lipinski definition) is 1. The number of halogens is 2. The summed E-state index contributed by atoms with van der Waals surface area (Å²) in [5.41, 5.74) is 5.63. The van der Waals surface area contributed by atoms with Crippen LogP contribution in [0.15, 0.2) is 89.5 Å². The van der Waals surface area contributed by atoms with Crippen molar-refractivity contribution in [2.24, 2.45) is 0 Å². The Kier molecular flexibility index (Phi) is 5.31. The second-order valence-corrected chi connectivity index (χ2v) is 8.76. The van der Waals surface area contributed by atoms with Crippen molar-refractivity contribution in [1.82, 2.24) is 9.47 Å². The lowest BCUT2D eigenvalue weighted by Crippen LogP contribution is -2.37. The van der Waals surface area contributed by atoms with Crippen molar-refractivity contribution in [3.8, 4) is 5.69 Å². The average Bonchev–Trinajstić information content (AvgIpc) is 3.21. The Labute approximate surface area is 194 Å². The highest BCUT2D eigenvalue weighted by molar-refractivity contribution is 9.10. The van der Waals surface area contributed by atoms with Crippen molar-refractivity contribution in [2.45, 2.75) is 19.5 Å². The maximum Gasteiger partial charge on any atom is 0.322 e. The van der Waals surface area contributed by atoms with Gasteiger partial charge in [-0.1, -0.05) is 46.3 Å². The molecule has 4 aromatic rings. The number of amides is 2. The number of para-hydroxylation sites is 1. The number of nitrogens with zero attached hydrogens (tertiary/aromatic N) is 2. The first-order valence-electron chi connectivity index (χ1n) is 10.4. The van der Waals surface area contributed by atoms with Crippen molar-refractivity contribution >= 4 is 27.6 Å². The Morgan fingerprint density at radius 2 is 1.81 bits per heavy atom. The fraction of sp³-hybridized carbons (Fsp3) is 0.115. The number of hydrogen-bond donors (Lipinski definition) is 1. The highest BCUT2D eigenvalue weighted by atomic mass is 79.9. The first kappa shape index (κ1) is 20.5. The molecule has 2 heterocycles. The smallest absolute Gasteiger partial charge is 0.318 e. The molecule has 6 heteroatoms. The minimum Gasteiger partial charge on any atom is -0.318 e. The molecular formula is C26H21BrFN3O. The molecule has 0 bridgehead atoms. The first-order valence-corrected chi connectivity index (χ1v) is 11.2. The maximum atomic E-state index is 13.7. The molecule has 1 N–H and O–H groups in total. The number of aromatic nitrogens is 1.